The molecule has 3 nitrogen and oxygen atoms in total. The molecule has 0 amide bonds. The van der Waals surface area contributed by atoms with Gasteiger partial charge in [0.05, 0.1) is 5.39 Å². The van der Waals surface area contributed by atoms with Crippen molar-refractivity contribution in [1.82, 2.24) is 9.97 Å². The lowest BCUT2D eigenvalue weighted by molar-refractivity contribution is 0.610. The molecule has 0 aromatic carbocycles. The maximum atomic E-state index is 4.29. The number of nitrogens with one attached hydrogen (secondary N) is 1. The minimum absolute atomic E-state index is 0.507. The normalized spacial score (nSPS) is 17.9. The molecule has 0 unspecified atom stereocenters. The van der Waals surface area contributed by atoms with Crippen LogP contribution in [0, 0.1) is 5.41 Å². The summed E-state index contributed by atoms with van der Waals surface area (Å²) in [6.07, 6.45) is 4.30. The van der Waals surface area contributed by atoms with Crippen molar-refractivity contribution < 1.29 is 0 Å². The van der Waals surface area contributed by atoms with Gasteiger partial charge in [-0.05, 0) is 29.7 Å². The Morgan fingerprint density at radius 2 is 2.33 bits per heavy atom. The summed E-state index contributed by atoms with van der Waals surface area (Å²) in [5, 5.41) is 6.64. The molecule has 0 spiro atoms. The summed E-state index contributed by atoms with van der Waals surface area (Å²) in [6, 6.07) is 2.08. The lowest BCUT2D eigenvalue weighted by Crippen LogP contribution is -2.12. The molecule has 78 valence electrons. The van der Waals surface area contributed by atoms with Crippen LogP contribution in [0.3, 0.4) is 0 Å². The average Bonchev–Trinajstić information content (AvgIpc) is 2.80. The molecule has 0 radical (unpaired) electrons. The van der Waals surface area contributed by atoms with Crippen molar-refractivity contribution in [3.63, 3.8) is 0 Å². The molecule has 0 saturated heterocycles. The largest absolute Gasteiger partial charge is 0.369 e. The maximum Gasteiger partial charge on any atom is 0.138 e. The van der Waals surface area contributed by atoms with Crippen LogP contribution in [0.1, 0.15) is 19.8 Å². The van der Waals surface area contributed by atoms with E-state index in [0.717, 1.165) is 22.6 Å². The van der Waals surface area contributed by atoms with Crippen molar-refractivity contribution in [3.8, 4) is 0 Å². The molecule has 2 heterocycles. The average molecular weight is 219 g/mol. The van der Waals surface area contributed by atoms with Crippen LogP contribution < -0.4 is 5.32 Å². The molecule has 1 saturated carbocycles. The monoisotopic (exact) mass is 219 g/mol. The van der Waals surface area contributed by atoms with Crippen molar-refractivity contribution in [2.24, 2.45) is 5.41 Å². The predicted octanol–water partition coefficient (Wildman–Crippen LogP) is 2.90. The van der Waals surface area contributed by atoms with E-state index in [1.165, 1.54) is 12.8 Å². The molecule has 2 aromatic heterocycles. The van der Waals surface area contributed by atoms with Gasteiger partial charge in [-0.3, -0.25) is 0 Å². The minimum atomic E-state index is 0.507. The molecule has 1 N–H and O–H groups in total. The molecule has 1 fully saturated rings. The first kappa shape index (κ1) is 9.09. The SMILES string of the molecule is CC1(CNc2ncnc3sccc23)CC1. The highest BCUT2D eigenvalue weighted by molar-refractivity contribution is 7.16. The molecule has 0 aliphatic heterocycles. The van der Waals surface area contributed by atoms with Crippen LogP contribution in [0.25, 0.3) is 10.2 Å². The van der Waals surface area contributed by atoms with Crippen LogP contribution in [0.4, 0.5) is 5.82 Å². The highest BCUT2D eigenvalue weighted by atomic mass is 32.1. The molecular weight excluding hydrogens is 206 g/mol. The van der Waals surface area contributed by atoms with Crippen molar-refractivity contribution in [2.45, 2.75) is 19.8 Å². The lowest BCUT2D eigenvalue weighted by Gasteiger charge is -2.10. The van der Waals surface area contributed by atoms with E-state index in [1.54, 1.807) is 17.7 Å². The molecule has 4 heteroatoms. The van der Waals surface area contributed by atoms with Gasteiger partial charge in [0.15, 0.2) is 0 Å². The first-order chi connectivity index (χ1) is 7.27. The highest BCUT2D eigenvalue weighted by Crippen LogP contribution is 2.44. The van der Waals surface area contributed by atoms with E-state index in [2.05, 4.69) is 33.7 Å². The Hall–Kier alpha value is -1.16. The Morgan fingerprint density at radius 3 is 3.13 bits per heavy atom. The van der Waals surface area contributed by atoms with Gasteiger partial charge in [-0.15, -0.1) is 11.3 Å². The minimum Gasteiger partial charge on any atom is -0.369 e. The van der Waals surface area contributed by atoms with Gasteiger partial charge in [0.2, 0.25) is 0 Å². The van der Waals surface area contributed by atoms with E-state index in [0.29, 0.717) is 5.41 Å². The molecule has 1 aliphatic rings. The van der Waals surface area contributed by atoms with E-state index in [1.807, 2.05) is 0 Å². The predicted molar refractivity (Wildman–Crippen MR) is 63.2 cm³/mol. The van der Waals surface area contributed by atoms with E-state index in [9.17, 15) is 0 Å². The molecule has 15 heavy (non-hydrogen) atoms. The summed E-state index contributed by atoms with van der Waals surface area (Å²) in [6.45, 7) is 3.33. The van der Waals surface area contributed by atoms with Gasteiger partial charge in [-0.25, -0.2) is 9.97 Å². The highest BCUT2D eigenvalue weighted by Gasteiger charge is 2.36. The van der Waals surface area contributed by atoms with Gasteiger partial charge < -0.3 is 5.32 Å². The summed E-state index contributed by atoms with van der Waals surface area (Å²) in [4.78, 5) is 9.59. The first-order valence-corrected chi connectivity index (χ1v) is 6.07. The zero-order valence-corrected chi connectivity index (χ0v) is 9.47. The van der Waals surface area contributed by atoms with Crippen LogP contribution in [0.5, 0.6) is 0 Å². The summed E-state index contributed by atoms with van der Waals surface area (Å²) >= 11 is 1.66. The quantitative estimate of drug-likeness (QED) is 0.862. The van der Waals surface area contributed by atoms with Crippen LogP contribution in [-0.2, 0) is 0 Å². The fraction of sp³-hybridized carbons (Fsp3) is 0.455. The molecule has 3 rings (SSSR count). The number of thiophene rings is 1. The fourth-order valence-electron chi connectivity index (χ4n) is 1.62. The number of hydrogen-bond acceptors (Lipinski definition) is 4. The summed E-state index contributed by atoms with van der Waals surface area (Å²) in [5.41, 5.74) is 0.507. The van der Waals surface area contributed by atoms with E-state index in [-0.39, 0.29) is 0 Å². The third-order valence-electron chi connectivity index (χ3n) is 3.05. The van der Waals surface area contributed by atoms with Gasteiger partial charge in [-0.2, -0.15) is 0 Å². The summed E-state index contributed by atoms with van der Waals surface area (Å²) in [7, 11) is 0. The molecule has 1 aliphatic carbocycles. The van der Waals surface area contributed by atoms with E-state index >= 15 is 0 Å². The second-order valence-electron chi connectivity index (χ2n) is 4.53. The molecule has 0 atom stereocenters. The maximum absolute atomic E-state index is 4.29. The smallest absolute Gasteiger partial charge is 0.138 e. The van der Waals surface area contributed by atoms with Crippen LogP contribution in [0.2, 0.25) is 0 Å². The van der Waals surface area contributed by atoms with Crippen molar-refractivity contribution in [2.75, 3.05) is 11.9 Å². The third kappa shape index (κ3) is 1.69. The Balaban J connectivity index is 1.86. The number of hydrogen-bond donors (Lipinski definition) is 1. The van der Waals surface area contributed by atoms with Crippen LogP contribution in [-0.4, -0.2) is 16.5 Å². The second kappa shape index (κ2) is 3.17. The number of aromatic nitrogens is 2. The number of nitrogens with zero attached hydrogens (tertiary/aromatic N) is 2. The third-order valence-corrected chi connectivity index (χ3v) is 3.87. The Kier molecular flexibility index (Phi) is 1.92. The fourth-order valence-corrected chi connectivity index (χ4v) is 2.35. The zero-order valence-electron chi connectivity index (χ0n) is 8.66. The summed E-state index contributed by atoms with van der Waals surface area (Å²) in [5.74, 6) is 0.981. The number of rotatable bonds is 3. The Bertz CT molecular complexity index is 487. The topological polar surface area (TPSA) is 37.8 Å². The Labute approximate surface area is 92.6 Å². The Morgan fingerprint density at radius 1 is 1.47 bits per heavy atom. The molecule has 0 bridgehead atoms. The van der Waals surface area contributed by atoms with Gasteiger partial charge in [0.25, 0.3) is 0 Å². The van der Waals surface area contributed by atoms with Gasteiger partial charge >= 0.3 is 0 Å². The van der Waals surface area contributed by atoms with Crippen LogP contribution in [0.15, 0.2) is 17.8 Å². The summed E-state index contributed by atoms with van der Waals surface area (Å²) < 4.78 is 0. The van der Waals surface area contributed by atoms with Gasteiger partial charge in [0.1, 0.15) is 17.0 Å². The van der Waals surface area contributed by atoms with Crippen molar-refractivity contribution in [3.05, 3.63) is 17.8 Å². The lowest BCUT2D eigenvalue weighted by atomic mass is 10.1. The second-order valence-corrected chi connectivity index (χ2v) is 5.42. The zero-order chi connectivity index (χ0) is 10.3. The van der Waals surface area contributed by atoms with E-state index in [4.69, 9.17) is 0 Å². The van der Waals surface area contributed by atoms with Crippen molar-refractivity contribution >= 4 is 27.4 Å². The standard InChI is InChI=1S/C11H13N3S/c1-11(3-4-11)6-12-9-8-2-5-15-10(8)14-7-13-9/h2,5,7H,3-4,6H2,1H3,(H,12,13,14). The number of fused-ring (bicyclic) bond motifs is 1. The van der Waals surface area contributed by atoms with Gasteiger partial charge in [-0.1, -0.05) is 6.92 Å². The van der Waals surface area contributed by atoms with E-state index < -0.39 is 0 Å². The first-order valence-electron chi connectivity index (χ1n) is 5.19. The molecular formula is C11H13N3S. The number of anilines is 1. The van der Waals surface area contributed by atoms with Gasteiger partial charge in [0, 0.05) is 6.54 Å². The van der Waals surface area contributed by atoms with Crippen molar-refractivity contribution in [1.29, 1.82) is 0 Å². The molecule has 2 aromatic rings. The van der Waals surface area contributed by atoms with Crippen LogP contribution >= 0.6 is 11.3 Å².